The monoisotopic (exact) mass is 361 g/mol. The van der Waals surface area contributed by atoms with Gasteiger partial charge in [0, 0.05) is 10.9 Å². The van der Waals surface area contributed by atoms with E-state index in [1.54, 1.807) is 6.33 Å². The number of rotatable bonds is 3. The third-order valence-corrected chi connectivity index (χ3v) is 6.57. The molecule has 0 saturated heterocycles. The molecule has 1 saturated carbocycles. The molecule has 0 aromatic carbocycles. The van der Waals surface area contributed by atoms with Crippen molar-refractivity contribution in [2.24, 2.45) is 0 Å². The maximum atomic E-state index is 6.36. The van der Waals surface area contributed by atoms with E-state index in [2.05, 4.69) is 29.0 Å². The minimum Gasteiger partial charge on any atom is -0.474 e. The Morgan fingerprint density at radius 1 is 1.04 bits per heavy atom. The zero-order chi connectivity index (χ0) is 17.8. The van der Waals surface area contributed by atoms with Crippen molar-refractivity contribution < 1.29 is 4.74 Å². The fourth-order valence-corrected chi connectivity index (χ4v) is 5.21. The van der Waals surface area contributed by atoms with Gasteiger partial charge in [-0.25, -0.2) is 9.97 Å². The maximum Gasteiger partial charge on any atom is 0.225 e. The van der Waals surface area contributed by atoms with Crippen molar-refractivity contribution in [3.8, 4) is 5.88 Å². The van der Waals surface area contributed by atoms with Gasteiger partial charge in [0.2, 0.25) is 5.88 Å². The highest BCUT2D eigenvalue weighted by molar-refractivity contribution is 7.18. The summed E-state index contributed by atoms with van der Waals surface area (Å²) in [6.45, 7) is 4.00. The van der Waals surface area contributed by atoms with Crippen LogP contribution in [0.15, 0.2) is 6.33 Å². The molecule has 5 heteroatoms. The minimum absolute atomic E-state index is 0.309. The Labute approximate surface area is 155 Å². The zero-order valence-corrected chi connectivity index (χ0v) is 16.9. The van der Waals surface area contributed by atoms with Gasteiger partial charge in [-0.1, -0.05) is 13.8 Å². The van der Waals surface area contributed by atoms with Crippen LogP contribution in [0.1, 0.15) is 62.8 Å². The molecule has 0 amide bonds. The predicted molar refractivity (Wildman–Crippen MR) is 106 cm³/mol. The highest BCUT2D eigenvalue weighted by atomic mass is 32.1. The number of aryl methyl sites for hydroxylation is 2. The van der Waals surface area contributed by atoms with Crippen molar-refractivity contribution in [3.63, 3.8) is 0 Å². The Morgan fingerprint density at radius 3 is 2.48 bits per heavy atom. The number of hydrogen-bond donors (Lipinski definition) is 0. The van der Waals surface area contributed by atoms with Crippen LogP contribution in [-0.4, -0.2) is 41.1 Å². The average Bonchev–Trinajstić information content (AvgIpc) is 3.03. The molecule has 4 nitrogen and oxygen atoms in total. The Kier molecular flexibility index (Phi) is 6.29. The van der Waals surface area contributed by atoms with Crippen LogP contribution in [0.25, 0.3) is 10.2 Å². The van der Waals surface area contributed by atoms with E-state index in [0.29, 0.717) is 12.1 Å². The summed E-state index contributed by atoms with van der Waals surface area (Å²) >= 11 is 1.84. The second kappa shape index (κ2) is 8.45. The van der Waals surface area contributed by atoms with Crippen LogP contribution < -0.4 is 4.74 Å². The van der Waals surface area contributed by atoms with E-state index in [1.807, 2.05) is 25.2 Å². The lowest BCUT2D eigenvalue weighted by Crippen LogP contribution is -2.35. The van der Waals surface area contributed by atoms with Gasteiger partial charge in [0.25, 0.3) is 0 Å². The fourth-order valence-electron chi connectivity index (χ4n) is 3.99. The van der Waals surface area contributed by atoms with Gasteiger partial charge in [-0.2, -0.15) is 0 Å². The molecule has 0 N–H and O–H groups in total. The zero-order valence-electron chi connectivity index (χ0n) is 16.0. The molecule has 25 heavy (non-hydrogen) atoms. The highest BCUT2D eigenvalue weighted by Gasteiger charge is 2.26. The van der Waals surface area contributed by atoms with Gasteiger partial charge in [-0.05, 0) is 71.0 Å². The number of aromatic nitrogens is 2. The molecule has 0 atom stereocenters. The van der Waals surface area contributed by atoms with Gasteiger partial charge in [-0.15, -0.1) is 11.3 Å². The normalized spacial score (nSPS) is 23.1. The molecule has 2 heterocycles. The van der Waals surface area contributed by atoms with Crippen LogP contribution >= 0.6 is 11.3 Å². The molecule has 0 radical (unpaired) electrons. The van der Waals surface area contributed by atoms with Crippen molar-refractivity contribution >= 4 is 21.6 Å². The van der Waals surface area contributed by atoms with Crippen molar-refractivity contribution in [1.82, 2.24) is 14.9 Å². The molecule has 4 rings (SSSR count). The summed E-state index contributed by atoms with van der Waals surface area (Å²) in [7, 11) is 4.36. The Hall–Kier alpha value is -1.20. The number of thiophene rings is 1. The predicted octanol–water partition coefficient (Wildman–Crippen LogP) is 4.85. The van der Waals surface area contributed by atoms with E-state index in [9.17, 15) is 0 Å². The summed E-state index contributed by atoms with van der Waals surface area (Å²) in [5.41, 5.74) is 1.47. The molecule has 0 unspecified atom stereocenters. The van der Waals surface area contributed by atoms with E-state index in [0.717, 1.165) is 30.0 Å². The van der Waals surface area contributed by atoms with Crippen LogP contribution in [-0.2, 0) is 12.8 Å². The average molecular weight is 362 g/mol. The standard InChI is InChI=1S/C18H25N3OS.C2H6/c1-21(2)12-7-9-13(10-8-12)22-17-16-14-5-3-4-6-15(14)23-18(16)20-11-19-17;1-2/h11-13H,3-10H2,1-2H3;1-2H3. The smallest absolute Gasteiger partial charge is 0.225 e. The lowest BCUT2D eigenvalue weighted by atomic mass is 9.92. The summed E-state index contributed by atoms with van der Waals surface area (Å²) in [6, 6.07) is 0.703. The van der Waals surface area contributed by atoms with Crippen LogP contribution in [0.3, 0.4) is 0 Å². The molecule has 2 aromatic rings. The SMILES string of the molecule is CC.CN(C)C1CCC(Oc2ncnc3sc4c(c23)CCCC4)CC1. The van der Waals surface area contributed by atoms with E-state index >= 15 is 0 Å². The second-order valence-electron chi connectivity index (χ2n) is 7.08. The van der Waals surface area contributed by atoms with Gasteiger partial charge in [0.1, 0.15) is 17.3 Å². The van der Waals surface area contributed by atoms with Gasteiger partial charge in [-0.3, -0.25) is 0 Å². The van der Waals surface area contributed by atoms with Crippen molar-refractivity contribution in [1.29, 1.82) is 0 Å². The quantitative estimate of drug-likeness (QED) is 0.783. The van der Waals surface area contributed by atoms with Gasteiger partial charge in [0.05, 0.1) is 5.39 Å². The Morgan fingerprint density at radius 2 is 1.76 bits per heavy atom. The number of ether oxygens (including phenoxy) is 1. The third kappa shape index (κ3) is 3.98. The van der Waals surface area contributed by atoms with E-state index in [-0.39, 0.29) is 0 Å². The van der Waals surface area contributed by atoms with Crippen molar-refractivity contribution in [3.05, 3.63) is 16.8 Å². The summed E-state index contributed by atoms with van der Waals surface area (Å²) in [5.74, 6) is 0.836. The molecule has 2 aliphatic carbocycles. The lowest BCUT2D eigenvalue weighted by Gasteiger charge is -2.32. The van der Waals surface area contributed by atoms with Gasteiger partial charge >= 0.3 is 0 Å². The van der Waals surface area contributed by atoms with Crippen LogP contribution in [0.5, 0.6) is 5.88 Å². The second-order valence-corrected chi connectivity index (χ2v) is 8.17. The topological polar surface area (TPSA) is 38.2 Å². The number of hydrogen-bond acceptors (Lipinski definition) is 5. The van der Waals surface area contributed by atoms with Crippen molar-refractivity contribution in [2.75, 3.05) is 14.1 Å². The molecule has 1 fully saturated rings. The van der Waals surface area contributed by atoms with Crippen molar-refractivity contribution in [2.45, 2.75) is 77.4 Å². The number of fused-ring (bicyclic) bond motifs is 3. The van der Waals surface area contributed by atoms with E-state index < -0.39 is 0 Å². The highest BCUT2D eigenvalue weighted by Crippen LogP contribution is 2.39. The third-order valence-electron chi connectivity index (χ3n) is 5.37. The van der Waals surface area contributed by atoms with E-state index in [4.69, 9.17) is 4.74 Å². The Balaban J connectivity index is 0.000000880. The lowest BCUT2D eigenvalue weighted by molar-refractivity contribution is 0.108. The van der Waals surface area contributed by atoms with Crippen LogP contribution in [0.4, 0.5) is 0 Å². The summed E-state index contributed by atoms with van der Waals surface area (Å²) in [4.78, 5) is 14.0. The van der Waals surface area contributed by atoms with E-state index in [1.165, 1.54) is 47.9 Å². The largest absolute Gasteiger partial charge is 0.474 e. The first kappa shape index (κ1) is 18.6. The molecular weight excluding hydrogens is 330 g/mol. The number of nitrogens with zero attached hydrogens (tertiary/aromatic N) is 3. The molecular formula is C20H31N3OS. The molecule has 0 spiro atoms. The minimum atomic E-state index is 0.309. The molecule has 138 valence electrons. The summed E-state index contributed by atoms with van der Waals surface area (Å²) in [5, 5.41) is 1.21. The molecule has 0 bridgehead atoms. The maximum absolute atomic E-state index is 6.36. The van der Waals surface area contributed by atoms with Crippen LogP contribution in [0, 0.1) is 0 Å². The Bertz CT molecular complexity index is 690. The summed E-state index contributed by atoms with van der Waals surface area (Å²) < 4.78 is 6.36. The molecule has 2 aliphatic rings. The van der Waals surface area contributed by atoms with Gasteiger partial charge in [0.15, 0.2) is 0 Å². The first-order valence-electron chi connectivity index (χ1n) is 9.80. The molecule has 0 aliphatic heterocycles. The first-order valence-corrected chi connectivity index (χ1v) is 10.6. The molecule has 2 aromatic heterocycles. The fraction of sp³-hybridized carbons (Fsp3) is 0.700. The first-order chi connectivity index (χ1) is 12.2. The van der Waals surface area contributed by atoms with Crippen LogP contribution in [0.2, 0.25) is 0 Å². The van der Waals surface area contributed by atoms with Gasteiger partial charge < -0.3 is 9.64 Å². The summed E-state index contributed by atoms with van der Waals surface area (Å²) in [6.07, 6.45) is 11.6.